The summed E-state index contributed by atoms with van der Waals surface area (Å²) in [7, 11) is 0. The lowest BCUT2D eigenvalue weighted by Gasteiger charge is -2.11. The average Bonchev–Trinajstić information content (AvgIpc) is 2.71. The molecule has 2 rings (SSSR count). The number of carbonyl (C=O) groups is 1. The second-order valence-electron chi connectivity index (χ2n) is 3.12. The average molecular weight is 193 g/mol. The van der Waals surface area contributed by atoms with E-state index in [-0.39, 0.29) is 6.10 Å². The molecule has 0 amide bonds. The van der Waals surface area contributed by atoms with Crippen molar-refractivity contribution in [3.8, 4) is 5.88 Å². The molecule has 1 fully saturated rings. The molecule has 0 unspecified atom stereocenters. The van der Waals surface area contributed by atoms with E-state index in [1.807, 2.05) is 0 Å². The highest BCUT2D eigenvalue weighted by Crippen LogP contribution is 2.17. The van der Waals surface area contributed by atoms with Crippen LogP contribution in [0.4, 0.5) is 0 Å². The summed E-state index contributed by atoms with van der Waals surface area (Å²) in [5.74, 6) is 0.401. The number of aldehydes is 1. The predicted octanol–water partition coefficient (Wildman–Crippen LogP) is 1.06. The van der Waals surface area contributed by atoms with Crippen LogP contribution in [0.5, 0.6) is 5.88 Å². The fourth-order valence-corrected chi connectivity index (χ4v) is 1.36. The number of ether oxygens (including phenoxy) is 2. The molecular weight excluding hydrogens is 182 g/mol. The summed E-state index contributed by atoms with van der Waals surface area (Å²) in [6.07, 6.45) is 3.24. The number of carbonyl (C=O) groups excluding carboxylic acids is 1. The Kier molecular flexibility index (Phi) is 2.74. The molecule has 0 aliphatic carbocycles. The van der Waals surface area contributed by atoms with Gasteiger partial charge in [0.25, 0.3) is 0 Å². The molecule has 1 aromatic rings. The van der Waals surface area contributed by atoms with E-state index in [4.69, 9.17) is 9.47 Å². The molecule has 0 spiro atoms. The van der Waals surface area contributed by atoms with Crippen molar-refractivity contribution in [2.75, 3.05) is 13.2 Å². The van der Waals surface area contributed by atoms with Gasteiger partial charge in [0.05, 0.1) is 18.8 Å². The van der Waals surface area contributed by atoms with Gasteiger partial charge in [0.15, 0.2) is 6.29 Å². The molecule has 4 heteroatoms. The van der Waals surface area contributed by atoms with Gasteiger partial charge in [-0.2, -0.15) is 0 Å². The highest BCUT2D eigenvalue weighted by Gasteiger charge is 2.18. The SMILES string of the molecule is O=Cc1cccnc1O[C@H]1CCOC1. The molecule has 1 aliphatic rings. The monoisotopic (exact) mass is 193 g/mol. The largest absolute Gasteiger partial charge is 0.471 e. The standard InChI is InChI=1S/C10H11NO3/c12-6-8-2-1-4-11-10(8)14-9-3-5-13-7-9/h1-2,4,6,9H,3,5,7H2/t9-/m0/s1. The summed E-state index contributed by atoms with van der Waals surface area (Å²) in [4.78, 5) is 14.7. The summed E-state index contributed by atoms with van der Waals surface area (Å²) < 4.78 is 10.7. The fraction of sp³-hybridized carbons (Fsp3) is 0.400. The summed E-state index contributed by atoms with van der Waals surface area (Å²) in [6, 6.07) is 3.40. The van der Waals surface area contributed by atoms with E-state index in [9.17, 15) is 4.79 Å². The van der Waals surface area contributed by atoms with Gasteiger partial charge in [0, 0.05) is 12.6 Å². The molecule has 0 N–H and O–H groups in total. The van der Waals surface area contributed by atoms with Crippen LogP contribution in [0.1, 0.15) is 16.8 Å². The van der Waals surface area contributed by atoms with Gasteiger partial charge < -0.3 is 9.47 Å². The number of nitrogens with zero attached hydrogens (tertiary/aromatic N) is 1. The molecular formula is C10H11NO3. The second-order valence-corrected chi connectivity index (χ2v) is 3.12. The topological polar surface area (TPSA) is 48.4 Å². The number of aromatic nitrogens is 1. The third-order valence-electron chi connectivity index (χ3n) is 2.09. The smallest absolute Gasteiger partial charge is 0.224 e. The predicted molar refractivity (Wildman–Crippen MR) is 49.5 cm³/mol. The van der Waals surface area contributed by atoms with Crippen LogP contribution in [-0.4, -0.2) is 30.6 Å². The van der Waals surface area contributed by atoms with Crippen molar-refractivity contribution < 1.29 is 14.3 Å². The molecule has 0 aromatic carbocycles. The maximum absolute atomic E-state index is 10.6. The molecule has 1 aliphatic heterocycles. The highest BCUT2D eigenvalue weighted by atomic mass is 16.5. The van der Waals surface area contributed by atoms with Crippen LogP contribution in [0.2, 0.25) is 0 Å². The molecule has 0 bridgehead atoms. The van der Waals surface area contributed by atoms with Gasteiger partial charge in [-0.05, 0) is 12.1 Å². The van der Waals surface area contributed by atoms with Gasteiger partial charge in [0.1, 0.15) is 6.10 Å². The number of pyridine rings is 1. The number of hydrogen-bond acceptors (Lipinski definition) is 4. The van der Waals surface area contributed by atoms with Crippen LogP contribution in [0, 0.1) is 0 Å². The van der Waals surface area contributed by atoms with Crippen LogP contribution in [0.25, 0.3) is 0 Å². The zero-order chi connectivity index (χ0) is 9.80. The highest BCUT2D eigenvalue weighted by molar-refractivity contribution is 5.77. The Balaban J connectivity index is 2.10. The first-order valence-corrected chi connectivity index (χ1v) is 4.55. The van der Waals surface area contributed by atoms with Crippen molar-refractivity contribution in [2.45, 2.75) is 12.5 Å². The zero-order valence-electron chi connectivity index (χ0n) is 7.68. The Morgan fingerprint density at radius 1 is 1.64 bits per heavy atom. The van der Waals surface area contributed by atoms with E-state index in [1.54, 1.807) is 18.3 Å². The number of rotatable bonds is 3. The summed E-state index contributed by atoms with van der Waals surface area (Å²) in [6.45, 7) is 1.29. The van der Waals surface area contributed by atoms with Gasteiger partial charge >= 0.3 is 0 Å². The van der Waals surface area contributed by atoms with Gasteiger partial charge in [-0.3, -0.25) is 4.79 Å². The van der Waals surface area contributed by atoms with Crippen LogP contribution < -0.4 is 4.74 Å². The van der Waals surface area contributed by atoms with Crippen molar-refractivity contribution >= 4 is 6.29 Å². The minimum absolute atomic E-state index is 0.0311. The van der Waals surface area contributed by atoms with Crippen molar-refractivity contribution in [1.82, 2.24) is 4.98 Å². The molecule has 4 nitrogen and oxygen atoms in total. The molecule has 1 atom stereocenters. The first-order valence-electron chi connectivity index (χ1n) is 4.55. The van der Waals surface area contributed by atoms with Crippen molar-refractivity contribution in [3.05, 3.63) is 23.9 Å². The van der Waals surface area contributed by atoms with E-state index in [2.05, 4.69) is 4.98 Å². The normalized spacial score (nSPS) is 20.7. The first kappa shape index (κ1) is 9.15. The molecule has 0 radical (unpaired) electrons. The number of hydrogen-bond donors (Lipinski definition) is 0. The van der Waals surface area contributed by atoms with Gasteiger partial charge in [-0.25, -0.2) is 4.98 Å². The molecule has 14 heavy (non-hydrogen) atoms. The molecule has 1 saturated heterocycles. The van der Waals surface area contributed by atoms with Crippen molar-refractivity contribution in [1.29, 1.82) is 0 Å². The molecule has 1 aromatic heterocycles. The molecule has 0 saturated carbocycles. The van der Waals surface area contributed by atoms with Crippen LogP contribution in [-0.2, 0) is 4.74 Å². The summed E-state index contributed by atoms with van der Waals surface area (Å²) in [5, 5.41) is 0. The minimum atomic E-state index is 0.0311. The Morgan fingerprint density at radius 3 is 3.29 bits per heavy atom. The molecule has 74 valence electrons. The Labute approximate surface area is 81.9 Å². The lowest BCUT2D eigenvalue weighted by atomic mass is 10.3. The van der Waals surface area contributed by atoms with Crippen LogP contribution in [0.3, 0.4) is 0 Å². The van der Waals surface area contributed by atoms with Gasteiger partial charge in [-0.1, -0.05) is 0 Å². The summed E-state index contributed by atoms with van der Waals surface area (Å²) in [5.41, 5.74) is 0.486. The van der Waals surface area contributed by atoms with E-state index in [1.165, 1.54) is 0 Å². The third-order valence-corrected chi connectivity index (χ3v) is 2.09. The van der Waals surface area contributed by atoms with Crippen molar-refractivity contribution in [3.63, 3.8) is 0 Å². The van der Waals surface area contributed by atoms with Gasteiger partial charge in [0.2, 0.25) is 5.88 Å². The minimum Gasteiger partial charge on any atom is -0.471 e. The van der Waals surface area contributed by atoms with E-state index in [0.29, 0.717) is 24.7 Å². The fourth-order valence-electron chi connectivity index (χ4n) is 1.36. The second kappa shape index (κ2) is 4.19. The van der Waals surface area contributed by atoms with E-state index < -0.39 is 0 Å². The third kappa shape index (κ3) is 1.90. The molecule has 2 heterocycles. The lowest BCUT2D eigenvalue weighted by Crippen LogP contribution is -2.17. The van der Waals surface area contributed by atoms with Crippen LogP contribution >= 0.6 is 0 Å². The quantitative estimate of drug-likeness (QED) is 0.673. The summed E-state index contributed by atoms with van der Waals surface area (Å²) >= 11 is 0. The Morgan fingerprint density at radius 2 is 2.57 bits per heavy atom. The Hall–Kier alpha value is -1.42. The van der Waals surface area contributed by atoms with Crippen molar-refractivity contribution in [2.24, 2.45) is 0 Å². The van der Waals surface area contributed by atoms with Gasteiger partial charge in [-0.15, -0.1) is 0 Å². The maximum Gasteiger partial charge on any atom is 0.224 e. The van der Waals surface area contributed by atoms with Crippen LogP contribution in [0.15, 0.2) is 18.3 Å². The maximum atomic E-state index is 10.6. The zero-order valence-corrected chi connectivity index (χ0v) is 7.68. The Bertz CT molecular complexity index is 321. The lowest BCUT2D eigenvalue weighted by molar-refractivity contribution is 0.110. The first-order chi connectivity index (χ1) is 6.90. The van der Waals surface area contributed by atoms with E-state index in [0.717, 1.165) is 12.7 Å². The van der Waals surface area contributed by atoms with E-state index >= 15 is 0 Å².